The Labute approximate surface area is 99.6 Å². The molecule has 2 aromatic rings. The molecule has 0 spiro atoms. The van der Waals surface area contributed by atoms with E-state index in [-0.39, 0.29) is 16.8 Å². The van der Waals surface area contributed by atoms with E-state index in [0.29, 0.717) is 5.56 Å². The molecule has 0 unspecified atom stereocenters. The average molecular weight is 254 g/mol. The summed E-state index contributed by atoms with van der Waals surface area (Å²) in [5.41, 5.74) is 0.482. The molecule has 1 heterocycles. The number of halogens is 1. The van der Waals surface area contributed by atoms with E-state index in [2.05, 4.69) is 10.1 Å². The molecule has 7 heteroatoms. The lowest BCUT2D eigenvalue weighted by atomic mass is 10.2. The number of carboxylic acid groups (broad SMARTS) is 1. The molecule has 0 amide bonds. The van der Waals surface area contributed by atoms with Gasteiger partial charge in [0.05, 0.1) is 0 Å². The predicted octanol–water partition coefficient (Wildman–Crippen LogP) is 2.05. The maximum Gasteiger partial charge on any atom is 0.314 e. The number of benzene rings is 1. The first kappa shape index (κ1) is 11.6. The van der Waals surface area contributed by atoms with Crippen molar-refractivity contribution < 1.29 is 18.8 Å². The van der Waals surface area contributed by atoms with E-state index < -0.39 is 11.8 Å². The van der Waals surface area contributed by atoms with Crippen LogP contribution in [0, 0.1) is 5.82 Å². The van der Waals surface area contributed by atoms with Crippen molar-refractivity contribution in [2.45, 2.75) is 5.22 Å². The zero-order valence-electron chi connectivity index (χ0n) is 8.46. The van der Waals surface area contributed by atoms with Crippen LogP contribution in [0.2, 0.25) is 0 Å². The van der Waals surface area contributed by atoms with Crippen LogP contribution < -0.4 is 0 Å². The van der Waals surface area contributed by atoms with Crippen molar-refractivity contribution in [1.82, 2.24) is 10.1 Å². The number of carboxylic acids is 1. The quantitative estimate of drug-likeness (QED) is 0.841. The van der Waals surface area contributed by atoms with Crippen LogP contribution in [-0.4, -0.2) is 27.0 Å². The largest absolute Gasteiger partial charge is 0.481 e. The molecule has 0 bridgehead atoms. The van der Waals surface area contributed by atoms with Gasteiger partial charge in [0.1, 0.15) is 11.6 Å². The molecule has 1 aromatic carbocycles. The number of rotatable bonds is 4. The highest BCUT2D eigenvalue weighted by atomic mass is 32.2. The molecular formula is C10H7FN2O3S. The normalized spacial score (nSPS) is 10.4. The summed E-state index contributed by atoms with van der Waals surface area (Å²) in [5, 5.41) is 12.3. The van der Waals surface area contributed by atoms with Gasteiger partial charge in [0, 0.05) is 5.56 Å². The summed E-state index contributed by atoms with van der Waals surface area (Å²) >= 11 is 0.915. The maximum absolute atomic E-state index is 12.9. The van der Waals surface area contributed by atoms with E-state index in [9.17, 15) is 9.18 Å². The summed E-state index contributed by atoms with van der Waals surface area (Å²) in [6, 6.07) is 5.75. The maximum atomic E-state index is 12.9. The second-order valence-electron chi connectivity index (χ2n) is 3.08. The summed E-state index contributed by atoms with van der Waals surface area (Å²) in [6.45, 7) is 0. The number of thioether (sulfide) groups is 1. The monoisotopic (exact) mass is 254 g/mol. The zero-order valence-corrected chi connectivity index (χ0v) is 9.28. The average Bonchev–Trinajstić information content (AvgIpc) is 2.75. The van der Waals surface area contributed by atoms with Crippen LogP contribution in [0.5, 0.6) is 0 Å². The lowest BCUT2D eigenvalue weighted by molar-refractivity contribution is -0.133. The Balaban J connectivity index is 2.15. The first-order chi connectivity index (χ1) is 8.15. The first-order valence-electron chi connectivity index (χ1n) is 4.59. The Hall–Kier alpha value is -1.89. The molecule has 0 saturated heterocycles. The summed E-state index contributed by atoms with van der Waals surface area (Å²) in [5.74, 6) is -1.30. The van der Waals surface area contributed by atoms with Crippen molar-refractivity contribution in [2.75, 3.05) is 5.75 Å². The van der Waals surface area contributed by atoms with Crippen LogP contribution in [0.3, 0.4) is 0 Å². The number of aliphatic carboxylic acids is 1. The molecule has 0 aliphatic rings. The summed E-state index contributed by atoms with van der Waals surface area (Å²) in [7, 11) is 0. The van der Waals surface area contributed by atoms with Gasteiger partial charge in [-0.15, -0.1) is 0 Å². The van der Waals surface area contributed by atoms with Crippen molar-refractivity contribution in [3.8, 4) is 11.4 Å². The Morgan fingerprint density at radius 1 is 1.53 bits per heavy atom. The summed E-state index contributed by atoms with van der Waals surface area (Å²) in [6.07, 6.45) is 0. The first-order valence-corrected chi connectivity index (χ1v) is 5.58. The van der Waals surface area contributed by atoms with Crippen molar-refractivity contribution in [2.24, 2.45) is 0 Å². The molecule has 17 heavy (non-hydrogen) atoms. The molecular weight excluding hydrogens is 247 g/mol. The van der Waals surface area contributed by atoms with E-state index in [0.717, 1.165) is 11.8 Å². The zero-order chi connectivity index (χ0) is 12.3. The van der Waals surface area contributed by atoms with Gasteiger partial charge in [-0.25, -0.2) is 4.39 Å². The predicted molar refractivity (Wildman–Crippen MR) is 58.1 cm³/mol. The number of hydrogen-bond donors (Lipinski definition) is 1. The second-order valence-corrected chi connectivity index (χ2v) is 4.00. The lowest BCUT2D eigenvalue weighted by Crippen LogP contribution is -1.97. The van der Waals surface area contributed by atoms with E-state index in [1.54, 1.807) is 6.07 Å². The Morgan fingerprint density at radius 2 is 2.35 bits per heavy atom. The molecule has 1 aromatic heterocycles. The van der Waals surface area contributed by atoms with Crippen LogP contribution >= 0.6 is 11.8 Å². The van der Waals surface area contributed by atoms with E-state index in [4.69, 9.17) is 9.63 Å². The van der Waals surface area contributed by atoms with Crippen LogP contribution in [0.1, 0.15) is 0 Å². The van der Waals surface area contributed by atoms with Gasteiger partial charge in [-0.05, 0) is 12.1 Å². The van der Waals surface area contributed by atoms with Crippen molar-refractivity contribution in [1.29, 1.82) is 0 Å². The highest BCUT2D eigenvalue weighted by Crippen LogP contribution is 2.21. The topological polar surface area (TPSA) is 76.2 Å². The van der Waals surface area contributed by atoms with Gasteiger partial charge < -0.3 is 9.63 Å². The van der Waals surface area contributed by atoms with E-state index in [1.165, 1.54) is 18.2 Å². The van der Waals surface area contributed by atoms with Crippen molar-refractivity contribution in [3.05, 3.63) is 30.1 Å². The molecule has 5 nitrogen and oxygen atoms in total. The molecule has 0 radical (unpaired) electrons. The van der Waals surface area contributed by atoms with Crippen LogP contribution in [0.4, 0.5) is 4.39 Å². The smallest absolute Gasteiger partial charge is 0.314 e. The van der Waals surface area contributed by atoms with E-state index in [1.807, 2.05) is 0 Å². The highest BCUT2D eigenvalue weighted by molar-refractivity contribution is 7.99. The van der Waals surface area contributed by atoms with Gasteiger partial charge in [-0.1, -0.05) is 29.1 Å². The number of nitrogens with zero attached hydrogens (tertiary/aromatic N) is 2. The van der Waals surface area contributed by atoms with Gasteiger partial charge in [0.25, 0.3) is 5.22 Å². The summed E-state index contributed by atoms with van der Waals surface area (Å²) < 4.78 is 17.8. The Kier molecular flexibility index (Phi) is 3.38. The van der Waals surface area contributed by atoms with Crippen LogP contribution in [-0.2, 0) is 4.79 Å². The van der Waals surface area contributed by atoms with Gasteiger partial charge in [-0.3, -0.25) is 4.79 Å². The fraction of sp³-hybridized carbons (Fsp3) is 0.100. The molecule has 2 rings (SSSR count). The number of carbonyl (C=O) groups is 1. The van der Waals surface area contributed by atoms with Gasteiger partial charge >= 0.3 is 5.97 Å². The van der Waals surface area contributed by atoms with Crippen molar-refractivity contribution >= 4 is 17.7 Å². The lowest BCUT2D eigenvalue weighted by Gasteiger charge is -1.92. The number of hydrogen-bond acceptors (Lipinski definition) is 5. The van der Waals surface area contributed by atoms with Gasteiger partial charge in [0.2, 0.25) is 5.82 Å². The van der Waals surface area contributed by atoms with Gasteiger partial charge in [0.15, 0.2) is 0 Å². The molecule has 0 fully saturated rings. The SMILES string of the molecule is O=C(O)CSc1nc(-c2cccc(F)c2)no1. The third-order valence-corrected chi connectivity index (χ3v) is 2.61. The van der Waals surface area contributed by atoms with E-state index >= 15 is 0 Å². The molecule has 88 valence electrons. The molecule has 0 aliphatic carbocycles. The second kappa shape index (κ2) is 4.96. The molecule has 0 saturated carbocycles. The number of aromatic nitrogens is 2. The minimum Gasteiger partial charge on any atom is -0.481 e. The van der Waals surface area contributed by atoms with Crippen LogP contribution in [0.15, 0.2) is 34.0 Å². The Bertz CT molecular complexity index is 544. The van der Waals surface area contributed by atoms with Crippen molar-refractivity contribution in [3.63, 3.8) is 0 Å². The van der Waals surface area contributed by atoms with Crippen LogP contribution in [0.25, 0.3) is 11.4 Å². The van der Waals surface area contributed by atoms with Gasteiger partial charge in [-0.2, -0.15) is 4.98 Å². The minimum absolute atomic E-state index is 0.145. The third-order valence-electron chi connectivity index (χ3n) is 1.81. The summed E-state index contributed by atoms with van der Waals surface area (Å²) in [4.78, 5) is 14.3. The third kappa shape index (κ3) is 3.04. The molecule has 0 aliphatic heterocycles. The molecule has 1 N–H and O–H groups in total. The minimum atomic E-state index is -0.972. The fourth-order valence-electron chi connectivity index (χ4n) is 1.14. The fourth-order valence-corrected chi connectivity index (χ4v) is 1.62. The Morgan fingerprint density at radius 3 is 3.06 bits per heavy atom. The highest BCUT2D eigenvalue weighted by Gasteiger charge is 2.10. The standard InChI is InChI=1S/C10H7FN2O3S/c11-7-3-1-2-6(4-7)9-12-10(16-13-9)17-5-8(14)15/h1-4H,5H2,(H,14,15). The molecule has 0 atom stereocenters.